The van der Waals surface area contributed by atoms with E-state index in [2.05, 4.69) is 16.3 Å². The van der Waals surface area contributed by atoms with Gasteiger partial charge in [0.1, 0.15) is 17.0 Å². The number of benzene rings is 1. The van der Waals surface area contributed by atoms with Crippen molar-refractivity contribution in [1.29, 1.82) is 0 Å². The minimum absolute atomic E-state index is 0.280. The lowest BCUT2D eigenvalue weighted by Gasteiger charge is -2.09. The number of thioether (sulfide) groups is 1. The molecule has 0 saturated heterocycles. The van der Waals surface area contributed by atoms with Crippen molar-refractivity contribution in [3.63, 3.8) is 0 Å². The van der Waals surface area contributed by atoms with Gasteiger partial charge >= 0.3 is 5.88 Å². The van der Waals surface area contributed by atoms with Crippen molar-refractivity contribution in [2.24, 2.45) is 0 Å². The molecule has 0 N–H and O–H groups in total. The maximum Gasteiger partial charge on any atom is 0.433 e. The number of furan rings is 1. The average Bonchev–Trinajstić information content (AvgIpc) is 3.17. The first-order chi connectivity index (χ1) is 11.5. The zero-order valence-electron chi connectivity index (χ0n) is 13.0. The van der Waals surface area contributed by atoms with Gasteiger partial charge in [-0.25, -0.2) is 0 Å². The Morgan fingerprint density at radius 3 is 2.83 bits per heavy atom. The largest absolute Gasteiger partial charge is 0.433 e. The summed E-state index contributed by atoms with van der Waals surface area (Å²) in [6.45, 7) is 4.08. The Bertz CT molecular complexity index is 914. The molecular weight excluding hydrogens is 328 g/mol. The molecule has 0 radical (unpaired) electrons. The third-order valence-electron chi connectivity index (χ3n) is 3.33. The molecule has 0 unspecified atom stereocenters. The summed E-state index contributed by atoms with van der Waals surface area (Å²) >= 11 is 1.35. The van der Waals surface area contributed by atoms with Crippen LogP contribution in [0, 0.1) is 24.0 Å². The molecule has 8 heteroatoms. The van der Waals surface area contributed by atoms with Gasteiger partial charge in [-0.1, -0.05) is 29.5 Å². The third kappa shape index (κ3) is 3.38. The third-order valence-corrected chi connectivity index (χ3v) is 4.09. The summed E-state index contributed by atoms with van der Waals surface area (Å²) in [7, 11) is 0. The Morgan fingerprint density at radius 1 is 1.29 bits per heavy atom. The summed E-state index contributed by atoms with van der Waals surface area (Å²) in [6.07, 6.45) is 3.31. The molecule has 0 spiro atoms. The van der Waals surface area contributed by atoms with Gasteiger partial charge in [-0.2, -0.15) is 0 Å². The smallest absolute Gasteiger partial charge is 0.401 e. The fraction of sp³-hybridized carbons (Fsp3) is 0.125. The van der Waals surface area contributed by atoms with Crippen LogP contribution < -0.4 is 0 Å². The molecule has 0 fully saturated rings. The van der Waals surface area contributed by atoms with Crippen LogP contribution in [0.4, 0.5) is 5.88 Å². The molecule has 3 rings (SSSR count). The summed E-state index contributed by atoms with van der Waals surface area (Å²) < 4.78 is 6.97. The topological polar surface area (TPSA) is 87.0 Å². The van der Waals surface area contributed by atoms with Crippen molar-refractivity contribution in [1.82, 2.24) is 14.8 Å². The molecule has 0 saturated carbocycles. The molecular formula is C16H14N4O3S. The Morgan fingerprint density at radius 2 is 2.12 bits per heavy atom. The van der Waals surface area contributed by atoms with Crippen molar-refractivity contribution >= 4 is 23.7 Å². The van der Waals surface area contributed by atoms with E-state index in [9.17, 15) is 10.1 Å². The second-order valence-electron chi connectivity index (χ2n) is 5.13. The van der Waals surface area contributed by atoms with Crippen LogP contribution in [0.1, 0.15) is 16.9 Å². The highest BCUT2D eigenvalue weighted by Gasteiger charge is 2.11. The molecule has 2 aromatic heterocycles. The molecule has 122 valence electrons. The van der Waals surface area contributed by atoms with Gasteiger partial charge < -0.3 is 4.42 Å². The monoisotopic (exact) mass is 342 g/mol. The molecule has 0 atom stereocenters. The van der Waals surface area contributed by atoms with E-state index in [0.29, 0.717) is 10.9 Å². The molecule has 0 aliphatic carbocycles. The molecule has 24 heavy (non-hydrogen) atoms. The molecule has 0 aliphatic rings. The average molecular weight is 342 g/mol. The van der Waals surface area contributed by atoms with Gasteiger partial charge in [-0.05, 0) is 43.0 Å². The predicted octanol–water partition coefficient (Wildman–Crippen LogP) is 4.15. The van der Waals surface area contributed by atoms with Crippen LogP contribution in [0.2, 0.25) is 0 Å². The predicted molar refractivity (Wildman–Crippen MR) is 91.1 cm³/mol. The number of rotatable bonds is 5. The minimum Gasteiger partial charge on any atom is -0.401 e. The molecule has 3 aromatic rings. The van der Waals surface area contributed by atoms with E-state index < -0.39 is 4.92 Å². The maximum absolute atomic E-state index is 10.6. The Hall–Kier alpha value is -2.87. The number of aryl methyl sites for hydroxylation is 2. The van der Waals surface area contributed by atoms with Crippen LogP contribution in [0.15, 0.2) is 51.6 Å². The first-order valence-electron chi connectivity index (χ1n) is 7.09. The Labute approximate surface area is 142 Å². The van der Waals surface area contributed by atoms with Gasteiger partial charge in [0.05, 0.1) is 11.8 Å². The fourth-order valence-corrected chi connectivity index (χ4v) is 2.91. The summed E-state index contributed by atoms with van der Waals surface area (Å²) in [4.78, 5) is 10.0. The Kier molecular flexibility index (Phi) is 4.48. The van der Waals surface area contributed by atoms with Gasteiger partial charge in [0.25, 0.3) is 0 Å². The van der Waals surface area contributed by atoms with Crippen molar-refractivity contribution in [2.75, 3.05) is 0 Å². The molecule has 0 aliphatic heterocycles. The second-order valence-corrected chi connectivity index (χ2v) is 6.00. The first kappa shape index (κ1) is 16.0. The lowest BCUT2D eigenvalue weighted by Crippen LogP contribution is -1.97. The van der Waals surface area contributed by atoms with Gasteiger partial charge in [0, 0.05) is 0 Å². The van der Waals surface area contributed by atoms with Crippen LogP contribution in [0.5, 0.6) is 0 Å². The normalized spacial score (nSPS) is 11.2. The van der Waals surface area contributed by atoms with Gasteiger partial charge in [0.15, 0.2) is 5.16 Å². The van der Waals surface area contributed by atoms with Gasteiger partial charge in [0.2, 0.25) is 0 Å². The quantitative estimate of drug-likeness (QED) is 0.393. The molecule has 1 aromatic carbocycles. The van der Waals surface area contributed by atoms with E-state index >= 15 is 0 Å². The number of aromatic nitrogens is 3. The highest BCUT2D eigenvalue weighted by Crippen LogP contribution is 2.25. The summed E-state index contributed by atoms with van der Waals surface area (Å²) in [5.74, 6) is 0.130. The van der Waals surface area contributed by atoms with E-state index in [1.165, 1.54) is 23.4 Å². The lowest BCUT2D eigenvalue weighted by molar-refractivity contribution is -0.402. The van der Waals surface area contributed by atoms with Gasteiger partial charge in [-0.15, -0.1) is 10.2 Å². The summed E-state index contributed by atoms with van der Waals surface area (Å²) in [5, 5.41) is 21.1. The zero-order valence-corrected chi connectivity index (χ0v) is 13.9. The second kappa shape index (κ2) is 6.71. The number of hydrogen-bond donors (Lipinski definition) is 0. The number of nitrogens with zero attached hydrogens (tertiary/aromatic N) is 4. The highest BCUT2D eigenvalue weighted by atomic mass is 32.2. The van der Waals surface area contributed by atoms with E-state index in [-0.39, 0.29) is 5.88 Å². The number of nitro groups is 1. The maximum atomic E-state index is 10.6. The Balaban J connectivity index is 1.78. The van der Waals surface area contributed by atoms with Crippen molar-refractivity contribution in [3.8, 4) is 5.69 Å². The summed E-state index contributed by atoms with van der Waals surface area (Å²) in [5.41, 5.74) is 3.33. The standard InChI is InChI=1S/C16H14N4O3S/c1-11-3-5-14(12(2)9-11)19-10-17-18-16(19)24-8-7-13-4-6-15(23-13)20(21)22/h3-10H,1-2H3/b8-7+. The highest BCUT2D eigenvalue weighted by molar-refractivity contribution is 8.02. The van der Waals surface area contributed by atoms with Crippen molar-refractivity contribution in [3.05, 3.63) is 69.1 Å². The first-order valence-corrected chi connectivity index (χ1v) is 7.97. The van der Waals surface area contributed by atoms with E-state index in [1.54, 1.807) is 23.9 Å². The summed E-state index contributed by atoms with van der Waals surface area (Å²) in [6, 6.07) is 9.03. The van der Waals surface area contributed by atoms with Crippen LogP contribution in [-0.2, 0) is 0 Å². The molecule has 7 nitrogen and oxygen atoms in total. The minimum atomic E-state index is -0.568. The van der Waals surface area contributed by atoms with Gasteiger partial charge in [-0.3, -0.25) is 14.7 Å². The van der Waals surface area contributed by atoms with E-state index in [1.807, 2.05) is 30.5 Å². The van der Waals surface area contributed by atoms with Crippen LogP contribution in [0.3, 0.4) is 0 Å². The van der Waals surface area contributed by atoms with Crippen LogP contribution in [0.25, 0.3) is 11.8 Å². The van der Waals surface area contributed by atoms with E-state index in [0.717, 1.165) is 11.3 Å². The van der Waals surface area contributed by atoms with Crippen molar-refractivity contribution in [2.45, 2.75) is 19.0 Å². The number of hydrogen-bond acceptors (Lipinski definition) is 6. The lowest BCUT2D eigenvalue weighted by atomic mass is 10.1. The van der Waals surface area contributed by atoms with Crippen molar-refractivity contribution < 1.29 is 9.34 Å². The SMILES string of the molecule is Cc1ccc(-n2cnnc2S/C=C/c2ccc([N+](=O)[O-])o2)c(C)c1. The molecule has 2 heterocycles. The molecule has 0 amide bonds. The van der Waals surface area contributed by atoms with Crippen LogP contribution >= 0.6 is 11.8 Å². The van der Waals surface area contributed by atoms with Crippen LogP contribution in [-0.4, -0.2) is 19.7 Å². The van der Waals surface area contributed by atoms with E-state index in [4.69, 9.17) is 4.42 Å². The molecule has 0 bridgehead atoms. The fourth-order valence-electron chi connectivity index (χ4n) is 2.24. The zero-order chi connectivity index (χ0) is 17.1.